The van der Waals surface area contributed by atoms with E-state index in [0.717, 1.165) is 17.7 Å². The molecular formula is C17H26N4O4. The van der Waals surface area contributed by atoms with Crippen LogP contribution in [-0.2, 0) is 20.7 Å². The van der Waals surface area contributed by atoms with Gasteiger partial charge in [-0.2, -0.15) is 0 Å². The van der Waals surface area contributed by atoms with E-state index in [2.05, 4.69) is 16.0 Å². The molecule has 138 valence electrons. The molecule has 1 aromatic rings. The van der Waals surface area contributed by atoms with E-state index in [1.165, 1.54) is 12.0 Å². The number of anilines is 1. The van der Waals surface area contributed by atoms with Crippen molar-refractivity contribution < 1.29 is 19.1 Å². The SMILES string of the molecule is CCc1ccccc1NC(=O)CN(C)CC(=O)NC(=O)NCCOC. The minimum atomic E-state index is -0.586. The molecule has 1 rings (SSSR count). The van der Waals surface area contributed by atoms with Crippen molar-refractivity contribution in [3.05, 3.63) is 29.8 Å². The van der Waals surface area contributed by atoms with Crippen molar-refractivity contribution in [3.8, 4) is 0 Å². The van der Waals surface area contributed by atoms with E-state index in [-0.39, 0.29) is 19.0 Å². The zero-order valence-corrected chi connectivity index (χ0v) is 14.9. The smallest absolute Gasteiger partial charge is 0.321 e. The molecule has 0 bridgehead atoms. The number of imide groups is 1. The van der Waals surface area contributed by atoms with E-state index in [1.54, 1.807) is 7.05 Å². The fraction of sp³-hybridized carbons (Fsp3) is 0.471. The predicted molar refractivity (Wildman–Crippen MR) is 95.4 cm³/mol. The van der Waals surface area contributed by atoms with Gasteiger partial charge in [-0.3, -0.25) is 19.8 Å². The normalized spacial score (nSPS) is 10.4. The molecule has 0 unspecified atom stereocenters. The van der Waals surface area contributed by atoms with Gasteiger partial charge in [0.15, 0.2) is 0 Å². The minimum absolute atomic E-state index is 0.0385. The predicted octanol–water partition coefficient (Wildman–Crippen LogP) is 0.592. The molecule has 3 N–H and O–H groups in total. The highest BCUT2D eigenvalue weighted by atomic mass is 16.5. The van der Waals surface area contributed by atoms with Gasteiger partial charge in [-0.25, -0.2) is 4.79 Å². The maximum Gasteiger partial charge on any atom is 0.321 e. The number of para-hydroxylation sites is 1. The summed E-state index contributed by atoms with van der Waals surface area (Å²) in [6, 6.07) is 6.98. The van der Waals surface area contributed by atoms with Crippen molar-refractivity contribution >= 4 is 23.5 Å². The molecular weight excluding hydrogens is 324 g/mol. The molecule has 0 fully saturated rings. The molecule has 0 aliphatic rings. The molecule has 1 aromatic carbocycles. The molecule has 0 saturated carbocycles. The topological polar surface area (TPSA) is 99.8 Å². The molecule has 25 heavy (non-hydrogen) atoms. The Morgan fingerprint density at radius 2 is 1.80 bits per heavy atom. The average Bonchev–Trinajstić information content (AvgIpc) is 2.55. The number of nitrogens with one attached hydrogen (secondary N) is 3. The van der Waals surface area contributed by atoms with E-state index in [0.29, 0.717) is 13.2 Å². The Morgan fingerprint density at radius 1 is 1.12 bits per heavy atom. The lowest BCUT2D eigenvalue weighted by molar-refractivity contribution is -0.122. The number of amides is 4. The van der Waals surface area contributed by atoms with Gasteiger partial charge in [0, 0.05) is 19.3 Å². The molecule has 8 nitrogen and oxygen atoms in total. The van der Waals surface area contributed by atoms with Crippen molar-refractivity contribution in [1.82, 2.24) is 15.5 Å². The van der Waals surface area contributed by atoms with Crippen molar-refractivity contribution in [3.63, 3.8) is 0 Å². The van der Waals surface area contributed by atoms with Crippen LogP contribution in [0.15, 0.2) is 24.3 Å². The zero-order valence-electron chi connectivity index (χ0n) is 14.9. The summed E-state index contributed by atoms with van der Waals surface area (Å²) >= 11 is 0. The summed E-state index contributed by atoms with van der Waals surface area (Å²) in [5, 5.41) is 7.51. The molecule has 0 saturated heterocycles. The van der Waals surface area contributed by atoms with E-state index < -0.39 is 11.9 Å². The van der Waals surface area contributed by atoms with Crippen LogP contribution in [0.4, 0.5) is 10.5 Å². The van der Waals surface area contributed by atoms with Gasteiger partial charge in [-0.1, -0.05) is 25.1 Å². The highest BCUT2D eigenvalue weighted by molar-refractivity contribution is 5.96. The minimum Gasteiger partial charge on any atom is -0.383 e. The largest absolute Gasteiger partial charge is 0.383 e. The number of ether oxygens (including phenoxy) is 1. The third-order valence-electron chi connectivity index (χ3n) is 3.34. The lowest BCUT2D eigenvalue weighted by atomic mass is 10.1. The van der Waals surface area contributed by atoms with Crippen LogP contribution in [0.3, 0.4) is 0 Å². The Balaban J connectivity index is 2.37. The Labute approximate surface area is 147 Å². The standard InChI is InChI=1S/C17H26N4O4/c1-4-13-7-5-6-8-14(13)19-15(22)11-21(2)12-16(23)20-17(24)18-9-10-25-3/h5-8H,4,9-12H2,1-3H3,(H,19,22)(H2,18,20,23,24). The summed E-state index contributed by atoms with van der Waals surface area (Å²) in [5.74, 6) is -0.708. The number of nitrogens with zero attached hydrogens (tertiary/aromatic N) is 1. The van der Waals surface area contributed by atoms with Crippen LogP contribution in [0.5, 0.6) is 0 Å². The third kappa shape index (κ3) is 8.27. The molecule has 0 heterocycles. The van der Waals surface area contributed by atoms with E-state index in [4.69, 9.17) is 4.74 Å². The number of methoxy groups -OCH3 is 1. The lowest BCUT2D eigenvalue weighted by Crippen LogP contribution is -2.45. The second-order valence-corrected chi connectivity index (χ2v) is 5.53. The monoisotopic (exact) mass is 350 g/mol. The quantitative estimate of drug-likeness (QED) is 0.566. The first-order valence-electron chi connectivity index (χ1n) is 8.09. The van der Waals surface area contributed by atoms with Gasteiger partial charge >= 0.3 is 6.03 Å². The van der Waals surface area contributed by atoms with Gasteiger partial charge in [0.05, 0.1) is 19.7 Å². The van der Waals surface area contributed by atoms with E-state index in [1.807, 2.05) is 31.2 Å². The first-order valence-corrected chi connectivity index (χ1v) is 8.09. The first-order chi connectivity index (χ1) is 12.0. The number of carbonyl (C=O) groups is 3. The number of benzene rings is 1. The number of hydrogen-bond donors (Lipinski definition) is 3. The molecule has 0 aromatic heterocycles. The summed E-state index contributed by atoms with van der Waals surface area (Å²) in [4.78, 5) is 36.8. The Morgan fingerprint density at radius 3 is 2.48 bits per heavy atom. The van der Waals surface area contributed by atoms with Gasteiger partial charge in [-0.05, 0) is 25.1 Å². The first kappa shape index (κ1) is 20.6. The summed E-state index contributed by atoms with van der Waals surface area (Å²) in [5.41, 5.74) is 1.81. The van der Waals surface area contributed by atoms with Crippen LogP contribution in [0, 0.1) is 0 Å². The Hall–Kier alpha value is -2.45. The molecule has 0 spiro atoms. The van der Waals surface area contributed by atoms with Gasteiger partial charge in [0.2, 0.25) is 11.8 Å². The molecule has 8 heteroatoms. The molecule has 0 radical (unpaired) electrons. The lowest BCUT2D eigenvalue weighted by Gasteiger charge is -2.16. The summed E-state index contributed by atoms with van der Waals surface area (Å²) in [7, 11) is 3.15. The number of carbonyl (C=O) groups excluding carboxylic acids is 3. The van der Waals surface area contributed by atoms with Gasteiger partial charge in [-0.15, -0.1) is 0 Å². The van der Waals surface area contributed by atoms with Crippen molar-refractivity contribution in [1.29, 1.82) is 0 Å². The van der Waals surface area contributed by atoms with Crippen LogP contribution in [0.2, 0.25) is 0 Å². The zero-order chi connectivity index (χ0) is 18.7. The molecule has 4 amide bonds. The van der Waals surface area contributed by atoms with Gasteiger partial charge in [0.25, 0.3) is 0 Å². The average molecular weight is 350 g/mol. The number of rotatable bonds is 9. The number of hydrogen-bond acceptors (Lipinski definition) is 5. The second kappa shape index (κ2) is 11.2. The van der Waals surface area contributed by atoms with Crippen LogP contribution in [-0.4, -0.2) is 63.1 Å². The second-order valence-electron chi connectivity index (χ2n) is 5.53. The highest BCUT2D eigenvalue weighted by Crippen LogP contribution is 2.15. The number of likely N-dealkylation sites (N-methyl/N-ethyl adjacent to an activating group) is 1. The fourth-order valence-corrected chi connectivity index (χ4v) is 2.16. The molecule has 0 aliphatic heterocycles. The summed E-state index contributed by atoms with van der Waals surface area (Å²) < 4.78 is 4.79. The van der Waals surface area contributed by atoms with Crippen LogP contribution >= 0.6 is 0 Å². The summed E-state index contributed by atoms with van der Waals surface area (Å²) in [6.07, 6.45) is 0.812. The molecule has 0 atom stereocenters. The van der Waals surface area contributed by atoms with Gasteiger partial charge < -0.3 is 15.4 Å². The summed E-state index contributed by atoms with van der Waals surface area (Å²) in [6.45, 7) is 2.65. The van der Waals surface area contributed by atoms with Crippen molar-refractivity contribution in [2.24, 2.45) is 0 Å². The maximum atomic E-state index is 12.1. The third-order valence-corrected chi connectivity index (χ3v) is 3.34. The van der Waals surface area contributed by atoms with Crippen molar-refractivity contribution in [2.45, 2.75) is 13.3 Å². The number of aryl methyl sites for hydroxylation is 1. The fourth-order valence-electron chi connectivity index (χ4n) is 2.16. The maximum absolute atomic E-state index is 12.1. The van der Waals surface area contributed by atoms with Crippen molar-refractivity contribution in [2.75, 3.05) is 45.7 Å². The van der Waals surface area contributed by atoms with Gasteiger partial charge in [0.1, 0.15) is 0 Å². The highest BCUT2D eigenvalue weighted by Gasteiger charge is 2.13. The van der Waals surface area contributed by atoms with Crippen LogP contribution < -0.4 is 16.0 Å². The van der Waals surface area contributed by atoms with Crippen LogP contribution in [0.1, 0.15) is 12.5 Å². The Kier molecular flexibility index (Phi) is 9.20. The molecule has 0 aliphatic carbocycles. The number of urea groups is 1. The van der Waals surface area contributed by atoms with E-state index >= 15 is 0 Å². The Bertz CT molecular complexity index is 592. The van der Waals surface area contributed by atoms with E-state index in [9.17, 15) is 14.4 Å². The van der Waals surface area contributed by atoms with Crippen LogP contribution in [0.25, 0.3) is 0 Å².